The molecule has 0 saturated carbocycles. The Morgan fingerprint density at radius 3 is 1.57 bits per heavy atom. The molecule has 0 spiro atoms. The minimum Gasteiger partial charge on any atom is -0.457 e. The number of ether oxygens (including phenoxy) is 2. The zero-order valence-corrected chi connectivity index (χ0v) is 32.8. The summed E-state index contributed by atoms with van der Waals surface area (Å²) in [4.78, 5) is 22.3. The molecule has 3 N–H and O–H groups in total. The third kappa shape index (κ3) is 38.1. The summed E-state index contributed by atoms with van der Waals surface area (Å²) in [6.07, 6.45) is 40.6. The van der Waals surface area contributed by atoms with Gasteiger partial charge in [-0.15, -0.1) is 0 Å². The van der Waals surface area contributed by atoms with Crippen molar-refractivity contribution in [2.45, 2.75) is 193 Å². The van der Waals surface area contributed by atoms with Crippen molar-refractivity contribution in [1.29, 1.82) is 0 Å². The van der Waals surface area contributed by atoms with E-state index in [2.05, 4.69) is 38.2 Å². The Morgan fingerprint density at radius 1 is 0.592 bits per heavy atom. The fourth-order valence-corrected chi connectivity index (χ4v) is 6.35. The SMILES string of the molecule is CCC/C=C\CCCCCCCC(=O)OC(COCCCCCCCCCCCC/C=C\CCCCCCCC)COP(=O)(O)OCCN. The number of hydrogen-bond acceptors (Lipinski definition) is 7. The van der Waals surface area contributed by atoms with E-state index < -0.39 is 13.9 Å². The summed E-state index contributed by atoms with van der Waals surface area (Å²) in [6.45, 7) is 4.85. The standard InChI is InChI=1S/C40H78NO7P/c1-3-5-7-9-11-13-15-16-17-18-19-20-21-22-23-24-26-28-30-32-35-45-37-39(38-47-49(43,44)46-36-34-41)48-40(42)33-31-29-27-25-14-12-10-8-6-4-2/h8,10,16-17,39H,3-7,9,11-15,18-38,41H2,1-2H3,(H,43,44)/b10-8-,17-16-. The van der Waals surface area contributed by atoms with E-state index in [-0.39, 0.29) is 32.3 Å². The second kappa shape index (κ2) is 38.2. The number of carbonyl (C=O) groups excluding carboxylic acids is 1. The first-order valence-electron chi connectivity index (χ1n) is 20.3. The number of esters is 1. The van der Waals surface area contributed by atoms with Gasteiger partial charge >= 0.3 is 13.8 Å². The fourth-order valence-electron chi connectivity index (χ4n) is 5.58. The molecule has 0 saturated heterocycles. The van der Waals surface area contributed by atoms with Gasteiger partial charge in [-0.1, -0.05) is 147 Å². The van der Waals surface area contributed by atoms with Crippen LogP contribution in [0.5, 0.6) is 0 Å². The molecule has 0 amide bonds. The highest BCUT2D eigenvalue weighted by Crippen LogP contribution is 2.43. The molecule has 0 radical (unpaired) electrons. The summed E-state index contributed by atoms with van der Waals surface area (Å²) in [5.41, 5.74) is 5.35. The van der Waals surface area contributed by atoms with E-state index in [0.717, 1.165) is 51.4 Å². The maximum absolute atomic E-state index is 12.5. The monoisotopic (exact) mass is 716 g/mol. The van der Waals surface area contributed by atoms with Crippen molar-refractivity contribution in [1.82, 2.24) is 0 Å². The number of phosphoric ester groups is 1. The van der Waals surface area contributed by atoms with E-state index in [9.17, 15) is 14.3 Å². The molecule has 0 aliphatic heterocycles. The van der Waals surface area contributed by atoms with Gasteiger partial charge in [0.05, 0.1) is 19.8 Å². The first-order valence-corrected chi connectivity index (χ1v) is 21.8. The zero-order chi connectivity index (χ0) is 35.9. The van der Waals surface area contributed by atoms with Gasteiger partial charge in [-0.25, -0.2) is 4.57 Å². The second-order valence-corrected chi connectivity index (χ2v) is 14.9. The Balaban J connectivity index is 3.96. The van der Waals surface area contributed by atoms with Gasteiger partial charge in [-0.05, 0) is 57.8 Å². The molecule has 0 heterocycles. The molecule has 0 aliphatic rings. The van der Waals surface area contributed by atoms with Crippen LogP contribution < -0.4 is 5.73 Å². The van der Waals surface area contributed by atoms with E-state index in [1.807, 2.05) is 0 Å². The number of allylic oxidation sites excluding steroid dienone is 4. The van der Waals surface area contributed by atoms with Crippen molar-refractivity contribution >= 4 is 13.8 Å². The second-order valence-electron chi connectivity index (χ2n) is 13.5. The average molecular weight is 716 g/mol. The number of unbranched alkanes of at least 4 members (excludes halogenated alkanes) is 22. The minimum absolute atomic E-state index is 0.0962. The molecule has 0 bridgehead atoms. The molecule has 8 nitrogen and oxygen atoms in total. The lowest BCUT2D eigenvalue weighted by Crippen LogP contribution is -2.28. The Bertz CT molecular complexity index is 807. The van der Waals surface area contributed by atoms with Gasteiger partial charge < -0.3 is 20.1 Å². The molecule has 0 aromatic carbocycles. The van der Waals surface area contributed by atoms with Crippen LogP contribution in [0.1, 0.15) is 187 Å². The summed E-state index contributed by atoms with van der Waals surface area (Å²) in [7, 11) is -4.27. The molecule has 2 unspecified atom stereocenters. The van der Waals surface area contributed by atoms with Crippen molar-refractivity contribution in [2.24, 2.45) is 5.73 Å². The van der Waals surface area contributed by atoms with Crippen LogP contribution >= 0.6 is 7.82 Å². The number of hydrogen-bond donors (Lipinski definition) is 2. The predicted octanol–water partition coefficient (Wildman–Crippen LogP) is 11.7. The summed E-state index contributed by atoms with van der Waals surface area (Å²) in [6, 6.07) is 0. The van der Waals surface area contributed by atoms with Gasteiger partial charge in [-0.3, -0.25) is 13.8 Å². The van der Waals surface area contributed by atoms with Gasteiger partial charge in [0.2, 0.25) is 0 Å². The third-order valence-electron chi connectivity index (χ3n) is 8.57. The third-order valence-corrected chi connectivity index (χ3v) is 9.56. The highest BCUT2D eigenvalue weighted by Gasteiger charge is 2.25. The van der Waals surface area contributed by atoms with Crippen LogP contribution in [-0.4, -0.2) is 49.9 Å². The molecular formula is C40H78NO7P. The van der Waals surface area contributed by atoms with E-state index in [1.165, 1.54) is 116 Å². The van der Waals surface area contributed by atoms with Crippen molar-refractivity contribution in [3.8, 4) is 0 Å². The van der Waals surface area contributed by atoms with Crippen molar-refractivity contribution in [3.05, 3.63) is 24.3 Å². The average Bonchev–Trinajstić information content (AvgIpc) is 3.09. The largest absolute Gasteiger partial charge is 0.472 e. The van der Waals surface area contributed by atoms with Gasteiger partial charge in [0.15, 0.2) is 0 Å². The topological polar surface area (TPSA) is 117 Å². The van der Waals surface area contributed by atoms with Crippen LogP contribution in [0.15, 0.2) is 24.3 Å². The Labute approximate surface area is 302 Å². The number of nitrogens with two attached hydrogens (primary N) is 1. The maximum Gasteiger partial charge on any atom is 0.472 e. The summed E-state index contributed by atoms with van der Waals surface area (Å²) < 4.78 is 33.3. The van der Waals surface area contributed by atoms with Gasteiger partial charge in [0.25, 0.3) is 0 Å². The first kappa shape index (κ1) is 48.0. The Morgan fingerprint density at radius 2 is 1.06 bits per heavy atom. The summed E-state index contributed by atoms with van der Waals surface area (Å²) in [5, 5.41) is 0. The highest BCUT2D eigenvalue weighted by atomic mass is 31.2. The minimum atomic E-state index is -4.27. The normalized spacial score (nSPS) is 13.8. The molecule has 2 atom stereocenters. The first-order chi connectivity index (χ1) is 23.9. The number of rotatable bonds is 39. The smallest absolute Gasteiger partial charge is 0.457 e. The molecular weight excluding hydrogens is 637 g/mol. The fraction of sp³-hybridized carbons (Fsp3) is 0.875. The van der Waals surface area contributed by atoms with Gasteiger partial charge in [-0.2, -0.15) is 0 Å². The Kier molecular flexibility index (Phi) is 37.4. The molecule has 0 rings (SSSR count). The predicted molar refractivity (Wildman–Crippen MR) is 206 cm³/mol. The molecule has 0 aromatic heterocycles. The Hall–Kier alpha value is -1.02. The molecule has 0 aromatic rings. The van der Waals surface area contributed by atoms with E-state index >= 15 is 0 Å². The van der Waals surface area contributed by atoms with Crippen molar-refractivity contribution in [2.75, 3.05) is 33.0 Å². The van der Waals surface area contributed by atoms with Crippen LogP contribution in [0.2, 0.25) is 0 Å². The van der Waals surface area contributed by atoms with Crippen LogP contribution in [0.25, 0.3) is 0 Å². The molecule has 9 heteroatoms. The number of phosphoric acid groups is 1. The van der Waals surface area contributed by atoms with Crippen LogP contribution in [-0.2, 0) is 27.9 Å². The van der Waals surface area contributed by atoms with Gasteiger partial charge in [0.1, 0.15) is 6.10 Å². The lowest BCUT2D eigenvalue weighted by Gasteiger charge is -2.20. The lowest BCUT2D eigenvalue weighted by atomic mass is 10.1. The number of carbonyl (C=O) groups is 1. The van der Waals surface area contributed by atoms with Crippen molar-refractivity contribution in [3.63, 3.8) is 0 Å². The summed E-state index contributed by atoms with van der Waals surface area (Å²) in [5.74, 6) is -0.342. The van der Waals surface area contributed by atoms with E-state index in [1.54, 1.807) is 0 Å². The van der Waals surface area contributed by atoms with Crippen molar-refractivity contribution < 1.29 is 32.8 Å². The zero-order valence-electron chi connectivity index (χ0n) is 31.9. The van der Waals surface area contributed by atoms with E-state index in [4.69, 9.17) is 24.3 Å². The lowest BCUT2D eigenvalue weighted by molar-refractivity contribution is -0.154. The maximum atomic E-state index is 12.5. The van der Waals surface area contributed by atoms with Crippen LogP contribution in [0.3, 0.4) is 0 Å². The molecule has 0 aliphatic carbocycles. The van der Waals surface area contributed by atoms with E-state index in [0.29, 0.717) is 13.0 Å². The van der Waals surface area contributed by atoms with Crippen LogP contribution in [0, 0.1) is 0 Å². The molecule has 49 heavy (non-hydrogen) atoms. The van der Waals surface area contributed by atoms with Crippen LogP contribution in [0.4, 0.5) is 0 Å². The molecule has 0 fully saturated rings. The highest BCUT2D eigenvalue weighted by molar-refractivity contribution is 7.47. The summed E-state index contributed by atoms with van der Waals surface area (Å²) >= 11 is 0. The van der Waals surface area contributed by atoms with Gasteiger partial charge in [0, 0.05) is 19.6 Å². The molecule has 290 valence electrons. The quantitative estimate of drug-likeness (QED) is 0.0279.